The average Bonchev–Trinajstić information content (AvgIpc) is 2.93. The summed E-state index contributed by atoms with van der Waals surface area (Å²) in [5.74, 6) is 1.91. The molecule has 0 aliphatic heterocycles. The lowest BCUT2D eigenvalue weighted by Gasteiger charge is -2.24. The Bertz CT molecular complexity index is 407. The molecule has 2 aliphatic carbocycles. The molecular weight excluding hydrogens is 236 g/mol. The number of hydrogen-bond donors (Lipinski definition) is 1. The number of rotatable bonds is 4. The van der Waals surface area contributed by atoms with Crippen LogP contribution >= 0.6 is 0 Å². The molecule has 3 atom stereocenters. The molecule has 2 fully saturated rings. The highest BCUT2D eigenvalue weighted by Crippen LogP contribution is 2.45. The van der Waals surface area contributed by atoms with E-state index >= 15 is 0 Å². The third kappa shape index (κ3) is 2.42. The molecule has 3 unspecified atom stereocenters. The zero-order chi connectivity index (χ0) is 12.5. The average molecular weight is 253 g/mol. The van der Waals surface area contributed by atoms with Crippen molar-refractivity contribution in [3.05, 3.63) is 24.3 Å². The van der Waals surface area contributed by atoms with Crippen LogP contribution in [0, 0.1) is 11.8 Å². The predicted octanol–water partition coefficient (Wildman–Crippen LogP) is 3.89. The Morgan fingerprint density at radius 3 is 2.44 bits per heavy atom. The van der Waals surface area contributed by atoms with Gasteiger partial charge in [0.05, 0.1) is 0 Å². The summed E-state index contributed by atoms with van der Waals surface area (Å²) in [5, 5.41) is 3.51. The number of benzene rings is 1. The van der Waals surface area contributed by atoms with Crippen LogP contribution in [-0.2, 0) is 0 Å². The molecule has 0 saturated heterocycles. The van der Waals surface area contributed by atoms with Crippen LogP contribution in [-0.4, -0.2) is 12.7 Å². The first kappa shape index (κ1) is 11.8. The summed E-state index contributed by atoms with van der Waals surface area (Å²) in [7, 11) is 0. The zero-order valence-electron chi connectivity index (χ0n) is 10.1. The number of halogens is 2. The van der Waals surface area contributed by atoms with E-state index in [0.29, 0.717) is 6.04 Å². The summed E-state index contributed by atoms with van der Waals surface area (Å²) in [6, 6.07) is 7.35. The topological polar surface area (TPSA) is 21.3 Å². The molecule has 1 N–H and O–H groups in total. The monoisotopic (exact) mass is 253 g/mol. The number of alkyl halides is 2. The minimum atomic E-state index is -2.76. The van der Waals surface area contributed by atoms with Crippen LogP contribution in [0.1, 0.15) is 25.7 Å². The van der Waals surface area contributed by atoms with Gasteiger partial charge in [-0.25, -0.2) is 0 Å². The molecule has 4 heteroatoms. The highest BCUT2D eigenvalue weighted by Gasteiger charge is 2.39. The van der Waals surface area contributed by atoms with Gasteiger partial charge >= 0.3 is 6.61 Å². The molecule has 2 nitrogen and oxygen atoms in total. The van der Waals surface area contributed by atoms with Crippen molar-refractivity contribution in [2.75, 3.05) is 5.32 Å². The van der Waals surface area contributed by atoms with Crippen LogP contribution < -0.4 is 10.1 Å². The van der Waals surface area contributed by atoms with E-state index in [0.717, 1.165) is 17.5 Å². The first-order valence-corrected chi connectivity index (χ1v) is 6.52. The fourth-order valence-corrected chi connectivity index (χ4v) is 3.37. The van der Waals surface area contributed by atoms with Crippen molar-refractivity contribution in [3.8, 4) is 5.75 Å². The third-order valence-electron chi connectivity index (χ3n) is 4.17. The van der Waals surface area contributed by atoms with Crippen LogP contribution in [0.2, 0.25) is 0 Å². The standard InChI is InChI=1S/C14H17F2NO/c15-14(16)18-12-5-3-11(4-6-12)17-13-8-9-1-2-10(13)7-9/h3-6,9-10,13-14,17H,1-2,7-8H2. The van der Waals surface area contributed by atoms with Gasteiger partial charge in [0.25, 0.3) is 0 Å². The molecule has 0 spiro atoms. The van der Waals surface area contributed by atoms with E-state index in [4.69, 9.17) is 0 Å². The van der Waals surface area contributed by atoms with Crippen molar-refractivity contribution < 1.29 is 13.5 Å². The number of anilines is 1. The van der Waals surface area contributed by atoms with Gasteiger partial charge in [-0.2, -0.15) is 8.78 Å². The lowest BCUT2D eigenvalue weighted by atomic mass is 9.95. The molecule has 0 heterocycles. The van der Waals surface area contributed by atoms with Gasteiger partial charge in [0.1, 0.15) is 5.75 Å². The highest BCUT2D eigenvalue weighted by atomic mass is 19.3. The Hall–Kier alpha value is -1.32. The van der Waals surface area contributed by atoms with E-state index in [1.807, 2.05) is 12.1 Å². The third-order valence-corrected chi connectivity index (χ3v) is 4.17. The molecule has 0 amide bonds. The van der Waals surface area contributed by atoms with E-state index in [9.17, 15) is 8.78 Å². The highest BCUT2D eigenvalue weighted by molar-refractivity contribution is 5.47. The van der Waals surface area contributed by atoms with Crippen molar-refractivity contribution >= 4 is 5.69 Å². The molecule has 0 aromatic heterocycles. The fraction of sp³-hybridized carbons (Fsp3) is 0.571. The minimum Gasteiger partial charge on any atom is -0.435 e. The van der Waals surface area contributed by atoms with Gasteiger partial charge in [-0.1, -0.05) is 6.42 Å². The zero-order valence-corrected chi connectivity index (χ0v) is 10.1. The fourth-order valence-electron chi connectivity index (χ4n) is 3.37. The van der Waals surface area contributed by atoms with Gasteiger partial charge in [-0.15, -0.1) is 0 Å². The lowest BCUT2D eigenvalue weighted by Crippen LogP contribution is -2.25. The molecule has 1 aromatic carbocycles. The van der Waals surface area contributed by atoms with Crippen LogP contribution in [0.5, 0.6) is 5.75 Å². The van der Waals surface area contributed by atoms with Gasteiger partial charge in [-0.05, 0) is 55.4 Å². The Labute approximate surface area is 105 Å². The second-order valence-corrected chi connectivity index (χ2v) is 5.33. The van der Waals surface area contributed by atoms with E-state index in [1.165, 1.54) is 25.7 Å². The molecule has 3 rings (SSSR count). The number of fused-ring (bicyclic) bond motifs is 2. The van der Waals surface area contributed by atoms with Crippen LogP contribution in [0.4, 0.5) is 14.5 Å². The van der Waals surface area contributed by atoms with Gasteiger partial charge in [-0.3, -0.25) is 0 Å². The number of hydrogen-bond acceptors (Lipinski definition) is 2. The summed E-state index contributed by atoms with van der Waals surface area (Å²) >= 11 is 0. The minimum absolute atomic E-state index is 0.212. The predicted molar refractivity (Wildman–Crippen MR) is 65.9 cm³/mol. The Morgan fingerprint density at radius 2 is 1.89 bits per heavy atom. The van der Waals surface area contributed by atoms with Gasteiger partial charge in [0, 0.05) is 11.7 Å². The van der Waals surface area contributed by atoms with E-state index in [1.54, 1.807) is 12.1 Å². The van der Waals surface area contributed by atoms with Crippen molar-refractivity contribution in [1.29, 1.82) is 0 Å². The maximum atomic E-state index is 12.0. The molecule has 2 aliphatic rings. The molecular formula is C14H17F2NO. The van der Waals surface area contributed by atoms with Crippen molar-refractivity contribution in [2.24, 2.45) is 11.8 Å². The maximum Gasteiger partial charge on any atom is 0.387 e. The smallest absolute Gasteiger partial charge is 0.387 e. The molecule has 18 heavy (non-hydrogen) atoms. The van der Waals surface area contributed by atoms with Crippen LogP contribution in [0.3, 0.4) is 0 Å². The molecule has 1 aromatic rings. The van der Waals surface area contributed by atoms with Gasteiger partial charge < -0.3 is 10.1 Å². The van der Waals surface area contributed by atoms with E-state index in [2.05, 4.69) is 10.1 Å². The van der Waals surface area contributed by atoms with Crippen molar-refractivity contribution in [3.63, 3.8) is 0 Å². The first-order valence-electron chi connectivity index (χ1n) is 6.52. The normalized spacial score (nSPS) is 29.8. The summed E-state index contributed by atoms with van der Waals surface area (Å²) in [4.78, 5) is 0. The van der Waals surface area contributed by atoms with Crippen molar-refractivity contribution in [2.45, 2.75) is 38.3 Å². The molecule has 2 bridgehead atoms. The SMILES string of the molecule is FC(F)Oc1ccc(NC2CC3CCC2C3)cc1. The van der Waals surface area contributed by atoms with Gasteiger partial charge in [0.15, 0.2) is 0 Å². The lowest BCUT2D eigenvalue weighted by molar-refractivity contribution is -0.0498. The first-order chi connectivity index (χ1) is 8.70. The summed E-state index contributed by atoms with van der Waals surface area (Å²) in [6.07, 6.45) is 5.31. The number of nitrogens with one attached hydrogen (secondary N) is 1. The summed E-state index contributed by atoms with van der Waals surface area (Å²) in [6.45, 7) is -2.76. The second-order valence-electron chi connectivity index (χ2n) is 5.33. The maximum absolute atomic E-state index is 12.0. The van der Waals surface area contributed by atoms with E-state index < -0.39 is 6.61 Å². The largest absolute Gasteiger partial charge is 0.435 e. The Morgan fingerprint density at radius 1 is 1.11 bits per heavy atom. The quantitative estimate of drug-likeness (QED) is 0.879. The summed E-state index contributed by atoms with van der Waals surface area (Å²) < 4.78 is 28.4. The van der Waals surface area contributed by atoms with E-state index in [-0.39, 0.29) is 5.75 Å². The molecule has 2 saturated carbocycles. The van der Waals surface area contributed by atoms with Gasteiger partial charge in [0.2, 0.25) is 0 Å². The van der Waals surface area contributed by atoms with Crippen LogP contribution in [0.15, 0.2) is 24.3 Å². The summed E-state index contributed by atoms with van der Waals surface area (Å²) in [5.41, 5.74) is 0.995. The Kier molecular flexibility index (Phi) is 3.10. The Balaban J connectivity index is 1.60. The number of ether oxygens (including phenoxy) is 1. The molecule has 0 radical (unpaired) electrons. The molecule has 98 valence electrons. The van der Waals surface area contributed by atoms with Crippen LogP contribution in [0.25, 0.3) is 0 Å². The van der Waals surface area contributed by atoms with Crippen molar-refractivity contribution in [1.82, 2.24) is 0 Å². The second kappa shape index (κ2) is 4.75.